The Hall–Kier alpha value is -0.810. The van der Waals surface area contributed by atoms with Crippen LogP contribution in [0.15, 0.2) is 33.9 Å². The van der Waals surface area contributed by atoms with Gasteiger partial charge in [0.25, 0.3) is 0 Å². The van der Waals surface area contributed by atoms with Crippen molar-refractivity contribution in [1.82, 2.24) is 14.8 Å². The van der Waals surface area contributed by atoms with Crippen LogP contribution in [0.4, 0.5) is 0 Å². The van der Waals surface area contributed by atoms with E-state index < -0.39 is 0 Å². The van der Waals surface area contributed by atoms with Gasteiger partial charge in [-0.2, -0.15) is 0 Å². The highest BCUT2D eigenvalue weighted by Gasteiger charge is 2.05. The van der Waals surface area contributed by atoms with Gasteiger partial charge in [-0.05, 0) is 24.1 Å². The van der Waals surface area contributed by atoms with E-state index in [4.69, 9.17) is 0 Å². The molecule has 1 aromatic heterocycles. The van der Waals surface area contributed by atoms with Gasteiger partial charge < -0.3 is 4.57 Å². The molecule has 0 fully saturated rings. The smallest absolute Gasteiger partial charge is 0.187 e. The Morgan fingerprint density at radius 3 is 2.75 bits per heavy atom. The molecule has 0 aliphatic heterocycles. The lowest BCUT2D eigenvalue weighted by Crippen LogP contribution is -2.00. The van der Waals surface area contributed by atoms with Crippen molar-refractivity contribution < 1.29 is 0 Å². The van der Waals surface area contributed by atoms with Crippen LogP contribution in [0, 0.1) is 0 Å². The average Bonchev–Trinajstić information content (AvgIpc) is 2.57. The minimum absolute atomic E-state index is 0.657. The van der Waals surface area contributed by atoms with Crippen LogP contribution in [-0.4, -0.2) is 14.8 Å². The Bertz CT molecular complexity index is 496. The standard InChI is InChI=1S/C11H12BrN3S/c1-15-10(13-14-11(15)16)6-5-8-3-2-4-9(12)7-8/h2-4,7H,5-6H2,1H3,(H,14,16). The van der Waals surface area contributed by atoms with Crippen molar-refractivity contribution in [3.05, 3.63) is 40.1 Å². The fourth-order valence-corrected chi connectivity index (χ4v) is 2.13. The summed E-state index contributed by atoms with van der Waals surface area (Å²) in [4.78, 5) is 0. The molecular weight excluding hydrogens is 286 g/mol. The van der Waals surface area contributed by atoms with Gasteiger partial charge in [-0.15, -0.1) is 22.8 Å². The first-order chi connectivity index (χ1) is 7.66. The fraction of sp³-hybridized carbons (Fsp3) is 0.273. The van der Waals surface area contributed by atoms with Crippen molar-refractivity contribution in [2.45, 2.75) is 18.0 Å². The molecule has 0 atom stereocenters. The van der Waals surface area contributed by atoms with Gasteiger partial charge in [-0.1, -0.05) is 28.1 Å². The first-order valence-corrected chi connectivity index (χ1v) is 6.22. The van der Waals surface area contributed by atoms with Gasteiger partial charge in [0, 0.05) is 17.9 Å². The van der Waals surface area contributed by atoms with Gasteiger partial charge in [0.05, 0.1) is 0 Å². The summed E-state index contributed by atoms with van der Waals surface area (Å²) in [5, 5.41) is 8.65. The Balaban J connectivity index is 2.05. The number of hydrogen-bond donors (Lipinski definition) is 1. The van der Waals surface area contributed by atoms with Gasteiger partial charge in [0.1, 0.15) is 5.82 Å². The van der Waals surface area contributed by atoms with E-state index >= 15 is 0 Å². The zero-order valence-electron chi connectivity index (χ0n) is 8.89. The number of nitrogens with zero attached hydrogens (tertiary/aromatic N) is 3. The van der Waals surface area contributed by atoms with Gasteiger partial charge in [0.2, 0.25) is 0 Å². The van der Waals surface area contributed by atoms with Crippen molar-refractivity contribution in [1.29, 1.82) is 0 Å². The molecule has 0 radical (unpaired) electrons. The molecule has 1 heterocycles. The molecule has 84 valence electrons. The van der Waals surface area contributed by atoms with E-state index in [9.17, 15) is 0 Å². The van der Waals surface area contributed by atoms with E-state index in [1.165, 1.54) is 5.56 Å². The molecule has 1 aromatic carbocycles. The predicted octanol–water partition coefficient (Wildman–Crippen LogP) is 2.65. The van der Waals surface area contributed by atoms with Crippen molar-refractivity contribution in [2.24, 2.45) is 7.05 Å². The Kier molecular flexibility index (Phi) is 3.66. The largest absolute Gasteiger partial charge is 0.309 e. The van der Waals surface area contributed by atoms with Crippen molar-refractivity contribution in [2.75, 3.05) is 0 Å². The topological polar surface area (TPSA) is 30.7 Å². The molecule has 0 unspecified atom stereocenters. The minimum Gasteiger partial charge on any atom is -0.309 e. The molecule has 5 heteroatoms. The lowest BCUT2D eigenvalue weighted by Gasteiger charge is -2.02. The molecule has 3 nitrogen and oxygen atoms in total. The predicted molar refractivity (Wildman–Crippen MR) is 69.8 cm³/mol. The first-order valence-electron chi connectivity index (χ1n) is 4.98. The van der Waals surface area contributed by atoms with Crippen molar-refractivity contribution in [3.63, 3.8) is 0 Å². The summed E-state index contributed by atoms with van der Waals surface area (Å²) in [5.74, 6) is 0.963. The Morgan fingerprint density at radius 1 is 1.31 bits per heavy atom. The van der Waals surface area contributed by atoms with Crippen LogP contribution in [-0.2, 0) is 19.9 Å². The summed E-state index contributed by atoms with van der Waals surface area (Å²) in [6.07, 6.45) is 1.83. The third-order valence-electron chi connectivity index (χ3n) is 2.47. The lowest BCUT2D eigenvalue weighted by atomic mass is 10.1. The van der Waals surface area contributed by atoms with E-state index in [0.717, 1.165) is 23.1 Å². The molecule has 0 N–H and O–H groups in total. The molecular formula is C11H12BrN3S. The van der Waals surface area contributed by atoms with Crippen LogP contribution in [0.5, 0.6) is 0 Å². The summed E-state index contributed by atoms with van der Waals surface area (Å²) < 4.78 is 3.01. The molecule has 0 aliphatic carbocycles. The SMILES string of the molecule is Cn1c(S)nnc1CCc1cccc(Br)c1. The minimum atomic E-state index is 0.657. The molecule has 2 aromatic rings. The molecule has 0 aliphatic rings. The molecule has 0 saturated heterocycles. The van der Waals surface area contributed by atoms with Crippen molar-refractivity contribution >= 4 is 28.6 Å². The second-order valence-electron chi connectivity index (χ2n) is 3.61. The lowest BCUT2D eigenvalue weighted by molar-refractivity contribution is 0.725. The fourth-order valence-electron chi connectivity index (χ4n) is 1.52. The summed E-state index contributed by atoms with van der Waals surface area (Å²) in [5.41, 5.74) is 1.29. The van der Waals surface area contributed by atoms with E-state index in [1.807, 2.05) is 23.7 Å². The van der Waals surface area contributed by atoms with Crippen LogP contribution in [0.25, 0.3) is 0 Å². The van der Waals surface area contributed by atoms with Crippen LogP contribution in [0.1, 0.15) is 11.4 Å². The third-order valence-corrected chi connectivity index (χ3v) is 3.35. The number of halogens is 1. The average molecular weight is 298 g/mol. The molecule has 2 rings (SSSR count). The highest BCUT2D eigenvalue weighted by molar-refractivity contribution is 9.10. The van der Waals surface area contributed by atoms with Crippen LogP contribution < -0.4 is 0 Å². The maximum Gasteiger partial charge on any atom is 0.187 e. The number of benzene rings is 1. The summed E-state index contributed by atoms with van der Waals surface area (Å²) in [7, 11) is 1.93. The van der Waals surface area contributed by atoms with E-state index in [2.05, 4.69) is 50.9 Å². The summed E-state index contributed by atoms with van der Waals surface area (Å²) in [6, 6.07) is 8.30. The highest BCUT2D eigenvalue weighted by atomic mass is 79.9. The zero-order chi connectivity index (χ0) is 11.5. The number of aromatic nitrogens is 3. The molecule has 16 heavy (non-hydrogen) atoms. The van der Waals surface area contributed by atoms with Gasteiger partial charge in [-0.25, -0.2) is 0 Å². The van der Waals surface area contributed by atoms with E-state index in [1.54, 1.807) is 0 Å². The van der Waals surface area contributed by atoms with Gasteiger partial charge in [-0.3, -0.25) is 0 Å². The van der Waals surface area contributed by atoms with E-state index in [-0.39, 0.29) is 0 Å². The summed E-state index contributed by atoms with van der Waals surface area (Å²) in [6.45, 7) is 0. The molecule has 0 saturated carbocycles. The maximum atomic E-state index is 4.20. The summed E-state index contributed by atoms with van der Waals surface area (Å²) >= 11 is 7.66. The maximum absolute atomic E-state index is 4.20. The number of hydrogen-bond acceptors (Lipinski definition) is 3. The van der Waals surface area contributed by atoms with Crippen LogP contribution >= 0.6 is 28.6 Å². The van der Waals surface area contributed by atoms with Gasteiger partial charge in [0.15, 0.2) is 5.16 Å². The second-order valence-corrected chi connectivity index (χ2v) is 4.92. The molecule has 0 bridgehead atoms. The van der Waals surface area contributed by atoms with Gasteiger partial charge >= 0.3 is 0 Å². The van der Waals surface area contributed by atoms with E-state index in [0.29, 0.717) is 5.16 Å². The second kappa shape index (κ2) is 5.01. The number of rotatable bonds is 3. The quantitative estimate of drug-likeness (QED) is 0.883. The molecule has 0 amide bonds. The van der Waals surface area contributed by atoms with Crippen molar-refractivity contribution in [3.8, 4) is 0 Å². The Morgan fingerprint density at radius 2 is 2.12 bits per heavy atom. The normalized spacial score (nSPS) is 10.7. The van der Waals surface area contributed by atoms with Crippen LogP contribution in [0.3, 0.4) is 0 Å². The highest BCUT2D eigenvalue weighted by Crippen LogP contribution is 2.13. The van der Waals surface area contributed by atoms with Crippen LogP contribution in [0.2, 0.25) is 0 Å². The monoisotopic (exact) mass is 297 g/mol. The zero-order valence-corrected chi connectivity index (χ0v) is 11.4. The number of aryl methyl sites for hydroxylation is 2. The molecule has 0 spiro atoms. The number of thiol groups is 1. The Labute approximate surface area is 108 Å². The third kappa shape index (κ3) is 2.65. The first kappa shape index (κ1) is 11.7.